The number of nitrogens with zero attached hydrogens (tertiary/aromatic N) is 2. The average molecular weight is 215 g/mol. The van der Waals surface area contributed by atoms with Gasteiger partial charge >= 0.3 is 0 Å². The Balaban J connectivity index is 1.97. The fraction of sp³-hybridized carbons (Fsp3) is 0.462. The Bertz CT molecular complexity index is 423. The summed E-state index contributed by atoms with van der Waals surface area (Å²) in [6.07, 6.45) is 2.40. The molecule has 3 heteroatoms. The molecule has 0 radical (unpaired) electrons. The number of anilines is 2. The number of fused-ring (bicyclic) bond motifs is 1. The summed E-state index contributed by atoms with van der Waals surface area (Å²) >= 11 is 0. The van der Waals surface area contributed by atoms with Crippen molar-refractivity contribution >= 4 is 17.2 Å². The first-order chi connectivity index (χ1) is 7.77. The van der Waals surface area contributed by atoms with E-state index in [0.29, 0.717) is 5.92 Å². The molecule has 0 atom stereocenters. The van der Waals surface area contributed by atoms with Crippen molar-refractivity contribution in [2.75, 3.05) is 29.9 Å². The monoisotopic (exact) mass is 215 g/mol. The highest BCUT2D eigenvalue weighted by atomic mass is 15.3. The van der Waals surface area contributed by atoms with Gasteiger partial charge in [-0.2, -0.15) is 0 Å². The highest BCUT2D eigenvalue weighted by molar-refractivity contribution is 6.01. The molecule has 0 saturated heterocycles. The maximum absolute atomic E-state index is 8.20. The maximum Gasteiger partial charge on any atom is 0.104 e. The second kappa shape index (κ2) is 3.51. The van der Waals surface area contributed by atoms with Crippen LogP contribution in [0.15, 0.2) is 24.3 Å². The Morgan fingerprint density at radius 3 is 2.56 bits per heavy atom. The van der Waals surface area contributed by atoms with Crippen molar-refractivity contribution < 1.29 is 0 Å². The fourth-order valence-corrected chi connectivity index (χ4v) is 2.33. The van der Waals surface area contributed by atoms with Gasteiger partial charge in [0.05, 0.1) is 11.4 Å². The summed E-state index contributed by atoms with van der Waals surface area (Å²) in [5, 5.41) is 8.20. The third kappa shape index (κ3) is 1.47. The lowest BCUT2D eigenvalue weighted by atomic mass is 10.1. The number of likely N-dealkylation sites (N-methyl/N-ethyl adjacent to an activating group) is 1. The highest BCUT2D eigenvalue weighted by Gasteiger charge is 2.33. The van der Waals surface area contributed by atoms with E-state index >= 15 is 0 Å². The molecule has 3 rings (SSSR count). The molecule has 0 aromatic heterocycles. The van der Waals surface area contributed by atoms with Gasteiger partial charge in [0.25, 0.3) is 0 Å². The minimum atomic E-state index is 0.525. The van der Waals surface area contributed by atoms with Crippen molar-refractivity contribution in [1.29, 1.82) is 5.41 Å². The van der Waals surface area contributed by atoms with E-state index in [1.807, 2.05) is 0 Å². The van der Waals surface area contributed by atoms with Crippen molar-refractivity contribution in [3.05, 3.63) is 24.3 Å². The van der Waals surface area contributed by atoms with Crippen LogP contribution in [0.25, 0.3) is 0 Å². The van der Waals surface area contributed by atoms with Crippen LogP contribution in [0.2, 0.25) is 0 Å². The van der Waals surface area contributed by atoms with Crippen LogP contribution in [0, 0.1) is 11.3 Å². The lowest BCUT2D eigenvalue weighted by Crippen LogP contribution is -2.43. The van der Waals surface area contributed by atoms with E-state index in [2.05, 4.69) is 41.1 Å². The van der Waals surface area contributed by atoms with Gasteiger partial charge in [-0.15, -0.1) is 0 Å². The largest absolute Gasteiger partial charge is 0.371 e. The van der Waals surface area contributed by atoms with Gasteiger partial charge in [0, 0.05) is 26.1 Å². The molecular weight excluding hydrogens is 198 g/mol. The van der Waals surface area contributed by atoms with E-state index in [0.717, 1.165) is 18.9 Å². The Hall–Kier alpha value is -1.51. The second-order valence-electron chi connectivity index (χ2n) is 4.72. The molecule has 1 aromatic carbocycles. The summed E-state index contributed by atoms with van der Waals surface area (Å²) < 4.78 is 0. The number of benzene rings is 1. The molecule has 0 bridgehead atoms. The molecule has 3 nitrogen and oxygen atoms in total. The minimum absolute atomic E-state index is 0.525. The van der Waals surface area contributed by atoms with Crippen LogP contribution in [-0.4, -0.2) is 26.0 Å². The molecule has 1 saturated carbocycles. The molecule has 84 valence electrons. The average Bonchev–Trinajstić information content (AvgIpc) is 3.13. The highest BCUT2D eigenvalue weighted by Crippen LogP contribution is 2.37. The van der Waals surface area contributed by atoms with Gasteiger partial charge in [-0.3, -0.25) is 5.41 Å². The van der Waals surface area contributed by atoms with Crippen LogP contribution in [0.5, 0.6) is 0 Å². The molecule has 1 aliphatic carbocycles. The smallest absolute Gasteiger partial charge is 0.104 e. The van der Waals surface area contributed by atoms with E-state index in [1.165, 1.54) is 24.2 Å². The number of hydrogen-bond acceptors (Lipinski definition) is 2. The summed E-state index contributed by atoms with van der Waals surface area (Å²) in [6.45, 7) is 1.95. The normalized spacial score (nSPS) is 19.6. The molecule has 1 N–H and O–H groups in total. The quantitative estimate of drug-likeness (QED) is 0.575. The zero-order chi connectivity index (χ0) is 11.1. The second-order valence-corrected chi connectivity index (χ2v) is 4.72. The molecule has 16 heavy (non-hydrogen) atoms. The third-order valence-electron chi connectivity index (χ3n) is 3.50. The zero-order valence-corrected chi connectivity index (χ0v) is 9.61. The molecule has 1 aromatic rings. The number of hydrogen-bond donors (Lipinski definition) is 1. The van der Waals surface area contributed by atoms with Crippen LogP contribution in [0.3, 0.4) is 0 Å². The van der Waals surface area contributed by atoms with Gasteiger partial charge in [-0.05, 0) is 25.0 Å². The molecule has 1 heterocycles. The molecule has 1 fully saturated rings. The van der Waals surface area contributed by atoms with E-state index in [9.17, 15) is 0 Å². The van der Waals surface area contributed by atoms with Crippen LogP contribution in [-0.2, 0) is 0 Å². The van der Waals surface area contributed by atoms with Gasteiger partial charge in [0.15, 0.2) is 0 Å². The SMILES string of the molecule is CN1CCN(C(=N)C2CC2)c2ccccc21. The van der Waals surface area contributed by atoms with Crippen molar-refractivity contribution in [3.63, 3.8) is 0 Å². The Kier molecular flexibility index (Phi) is 2.13. The van der Waals surface area contributed by atoms with Gasteiger partial charge in [-0.1, -0.05) is 12.1 Å². The number of rotatable bonds is 1. The van der Waals surface area contributed by atoms with Gasteiger partial charge in [-0.25, -0.2) is 0 Å². The van der Waals surface area contributed by atoms with Gasteiger partial charge in [0.1, 0.15) is 5.84 Å². The van der Waals surface area contributed by atoms with Crippen LogP contribution >= 0.6 is 0 Å². The first kappa shape index (κ1) is 9.70. The predicted octanol–water partition coefficient (Wildman–Crippen LogP) is 2.33. The molecule has 0 spiro atoms. The first-order valence-electron chi connectivity index (χ1n) is 5.93. The summed E-state index contributed by atoms with van der Waals surface area (Å²) in [6, 6.07) is 8.40. The number of nitrogens with one attached hydrogen (secondary N) is 1. The van der Waals surface area contributed by atoms with Crippen molar-refractivity contribution in [2.45, 2.75) is 12.8 Å². The Labute approximate surface area is 96.2 Å². The van der Waals surface area contributed by atoms with Gasteiger partial charge in [0.2, 0.25) is 0 Å². The van der Waals surface area contributed by atoms with Crippen LogP contribution in [0.1, 0.15) is 12.8 Å². The first-order valence-corrected chi connectivity index (χ1v) is 5.93. The van der Waals surface area contributed by atoms with Crippen molar-refractivity contribution in [1.82, 2.24) is 0 Å². The van der Waals surface area contributed by atoms with Crippen molar-refractivity contribution in [2.24, 2.45) is 5.92 Å². The summed E-state index contributed by atoms with van der Waals surface area (Å²) in [7, 11) is 2.12. The predicted molar refractivity (Wildman–Crippen MR) is 67.5 cm³/mol. The van der Waals surface area contributed by atoms with Crippen LogP contribution in [0.4, 0.5) is 11.4 Å². The van der Waals surface area contributed by atoms with E-state index in [-0.39, 0.29) is 0 Å². The maximum atomic E-state index is 8.20. The minimum Gasteiger partial charge on any atom is -0.371 e. The molecule has 0 amide bonds. The molecule has 0 unspecified atom stereocenters. The van der Waals surface area contributed by atoms with E-state index in [1.54, 1.807) is 0 Å². The summed E-state index contributed by atoms with van der Waals surface area (Å²) in [5.41, 5.74) is 2.45. The standard InChI is InChI=1S/C13H17N3/c1-15-8-9-16(13(14)10-6-7-10)12-5-3-2-4-11(12)15/h2-5,10,14H,6-9H2,1H3. The Morgan fingerprint density at radius 1 is 1.19 bits per heavy atom. The lowest BCUT2D eigenvalue weighted by molar-refractivity contribution is 0.819. The number of amidine groups is 1. The Morgan fingerprint density at radius 2 is 1.88 bits per heavy atom. The van der Waals surface area contributed by atoms with Crippen molar-refractivity contribution in [3.8, 4) is 0 Å². The zero-order valence-electron chi connectivity index (χ0n) is 9.61. The summed E-state index contributed by atoms with van der Waals surface area (Å²) in [5.74, 6) is 1.34. The van der Waals surface area contributed by atoms with E-state index in [4.69, 9.17) is 5.41 Å². The van der Waals surface area contributed by atoms with Crippen LogP contribution < -0.4 is 9.80 Å². The number of para-hydroxylation sites is 2. The fourth-order valence-electron chi connectivity index (χ4n) is 2.33. The molecular formula is C13H17N3. The topological polar surface area (TPSA) is 30.3 Å². The van der Waals surface area contributed by atoms with E-state index < -0.39 is 0 Å². The van der Waals surface area contributed by atoms with Gasteiger partial charge < -0.3 is 9.80 Å². The lowest BCUT2D eigenvalue weighted by Gasteiger charge is -2.37. The summed E-state index contributed by atoms with van der Waals surface area (Å²) in [4.78, 5) is 4.46. The third-order valence-corrected chi connectivity index (χ3v) is 3.50. The molecule has 1 aliphatic heterocycles. The molecule has 2 aliphatic rings.